The molecule has 0 radical (unpaired) electrons. The number of alkyl halides is 1. The molecule has 13 nitrogen and oxygen atoms in total. The minimum atomic E-state index is -1.13. The number of amidine groups is 1. The van der Waals surface area contributed by atoms with Crippen LogP contribution in [0.4, 0.5) is 20.3 Å². The third-order valence-electron chi connectivity index (χ3n) is 5.68. The Labute approximate surface area is 231 Å². The van der Waals surface area contributed by atoms with E-state index in [-0.39, 0.29) is 47.0 Å². The Morgan fingerprint density at radius 3 is 2.66 bits per heavy atom. The average Bonchev–Trinajstić information content (AvgIpc) is 3.35. The maximum absolute atomic E-state index is 15.8. The van der Waals surface area contributed by atoms with Crippen LogP contribution in [0.1, 0.15) is 23.0 Å². The number of H-pyrrole nitrogens is 1. The molecule has 0 saturated heterocycles. The minimum Gasteiger partial charge on any atom is -0.497 e. The van der Waals surface area contributed by atoms with Gasteiger partial charge in [-0.05, 0) is 42.5 Å². The van der Waals surface area contributed by atoms with Crippen LogP contribution in [0.3, 0.4) is 0 Å². The molecule has 0 bridgehead atoms. The molecule has 4 aromatic rings. The van der Waals surface area contributed by atoms with Crippen LogP contribution in [0.25, 0.3) is 5.82 Å². The summed E-state index contributed by atoms with van der Waals surface area (Å²) in [6.07, 6.45) is 0. The molecule has 0 fully saturated rings. The van der Waals surface area contributed by atoms with E-state index in [0.717, 1.165) is 4.68 Å². The lowest BCUT2D eigenvalue weighted by molar-refractivity contribution is -0.135. The number of nitrogen functional groups attached to an aromatic ring is 1. The average molecular weight is 569 g/mol. The summed E-state index contributed by atoms with van der Waals surface area (Å²) < 4.78 is 40.1. The molecule has 0 amide bonds. The number of carbonyl (C=O) groups is 1. The molecule has 41 heavy (non-hydrogen) atoms. The number of aromatic nitrogens is 4. The first-order valence-electron chi connectivity index (χ1n) is 12.1. The van der Waals surface area contributed by atoms with Gasteiger partial charge < -0.3 is 31.4 Å². The first-order chi connectivity index (χ1) is 19.7. The zero-order valence-electron chi connectivity index (χ0n) is 21.7. The van der Waals surface area contributed by atoms with Gasteiger partial charge in [-0.15, -0.1) is 5.10 Å². The van der Waals surface area contributed by atoms with Crippen molar-refractivity contribution in [1.29, 1.82) is 0 Å². The number of halogens is 2. The van der Waals surface area contributed by atoms with Gasteiger partial charge >= 0.3 is 11.7 Å². The number of aromatic amines is 1. The Balaban J connectivity index is 1.79. The normalized spacial score (nSPS) is 12.1. The molecule has 7 N–H and O–H groups in total. The molecule has 214 valence electrons. The third kappa shape index (κ3) is 6.76. The summed E-state index contributed by atoms with van der Waals surface area (Å²) in [6.45, 7) is -1.72. The van der Waals surface area contributed by atoms with Crippen LogP contribution in [0.15, 0.2) is 64.4 Å². The predicted octanol–water partition coefficient (Wildman–Crippen LogP) is 2.03. The van der Waals surface area contributed by atoms with Crippen molar-refractivity contribution in [1.82, 2.24) is 19.7 Å². The maximum Gasteiger partial charge on any atom is 0.349 e. The van der Waals surface area contributed by atoms with E-state index >= 15 is 4.39 Å². The van der Waals surface area contributed by atoms with Gasteiger partial charge in [0.15, 0.2) is 23.2 Å². The number of nitrogens with one attached hydrogen (secondary N) is 2. The number of nitrogens with two attached hydrogens (primary N) is 2. The summed E-state index contributed by atoms with van der Waals surface area (Å²) in [5, 5.41) is 16.3. The van der Waals surface area contributed by atoms with E-state index in [1.54, 1.807) is 36.4 Å². The Hall–Kier alpha value is -5.47. The highest BCUT2D eigenvalue weighted by molar-refractivity contribution is 5.98. The highest BCUT2D eigenvalue weighted by Crippen LogP contribution is 2.35. The summed E-state index contributed by atoms with van der Waals surface area (Å²) in [5.41, 5.74) is 11.8. The fourth-order valence-corrected chi connectivity index (χ4v) is 3.80. The topological polar surface area (TPSA) is 196 Å². The van der Waals surface area contributed by atoms with Crippen molar-refractivity contribution in [3.8, 4) is 17.3 Å². The predicted molar refractivity (Wildman–Crippen MR) is 146 cm³/mol. The molecule has 0 saturated carbocycles. The number of benzene rings is 2. The SMILES string of the molecule is COc1cc(OCCF)c(F)c([C@H](Nc2ccc(C(N)=NCC(=O)O)cc2)c2nn(-c3cccc(N)n3)c(=O)[nH]2)c1. The van der Waals surface area contributed by atoms with Crippen LogP contribution in [0.5, 0.6) is 11.5 Å². The van der Waals surface area contributed by atoms with Gasteiger partial charge in [0.2, 0.25) is 0 Å². The van der Waals surface area contributed by atoms with Gasteiger partial charge in [-0.1, -0.05) is 6.07 Å². The van der Waals surface area contributed by atoms with E-state index in [4.69, 9.17) is 26.0 Å². The lowest BCUT2D eigenvalue weighted by Crippen LogP contribution is -2.18. The molecule has 0 aliphatic heterocycles. The first kappa shape index (κ1) is 28.5. The number of hydrogen-bond acceptors (Lipinski definition) is 9. The number of aliphatic carboxylic acids is 1. The molecule has 2 aromatic carbocycles. The van der Waals surface area contributed by atoms with Gasteiger partial charge in [0, 0.05) is 22.9 Å². The second-order valence-electron chi connectivity index (χ2n) is 8.46. The van der Waals surface area contributed by atoms with E-state index in [9.17, 15) is 14.0 Å². The highest BCUT2D eigenvalue weighted by atomic mass is 19.1. The lowest BCUT2D eigenvalue weighted by atomic mass is 10.0. The van der Waals surface area contributed by atoms with Crippen molar-refractivity contribution in [2.75, 3.05) is 38.0 Å². The number of carboxylic acids is 1. The zero-order valence-corrected chi connectivity index (χ0v) is 21.7. The quantitative estimate of drug-likeness (QED) is 0.125. The van der Waals surface area contributed by atoms with E-state index in [1.807, 2.05) is 0 Å². The summed E-state index contributed by atoms with van der Waals surface area (Å²) in [6, 6.07) is 12.5. The van der Waals surface area contributed by atoms with Crippen LogP contribution in [0.2, 0.25) is 0 Å². The second kappa shape index (κ2) is 12.6. The van der Waals surface area contributed by atoms with Gasteiger partial charge in [-0.3, -0.25) is 14.8 Å². The van der Waals surface area contributed by atoms with Crippen molar-refractivity contribution in [2.45, 2.75) is 6.04 Å². The molecule has 15 heteroatoms. The smallest absolute Gasteiger partial charge is 0.349 e. The largest absolute Gasteiger partial charge is 0.497 e. The van der Waals surface area contributed by atoms with Gasteiger partial charge in [-0.25, -0.2) is 18.6 Å². The van der Waals surface area contributed by atoms with Gasteiger partial charge in [0.05, 0.1) is 7.11 Å². The van der Waals surface area contributed by atoms with Crippen LogP contribution >= 0.6 is 0 Å². The summed E-state index contributed by atoms with van der Waals surface area (Å²) in [7, 11) is 1.37. The molecular weight excluding hydrogens is 542 g/mol. The Kier molecular flexibility index (Phi) is 8.76. The highest BCUT2D eigenvalue weighted by Gasteiger charge is 2.27. The summed E-state index contributed by atoms with van der Waals surface area (Å²) in [4.78, 5) is 34.2. The first-order valence-corrected chi connectivity index (χ1v) is 12.1. The standard InChI is InChI=1S/C26H26F2N8O5/c1-40-16-11-17(22(28)18(12-16)41-10-9-27)23(25-34-26(39)36(35-25)20-4-2-3-19(29)33-20)32-15-7-5-14(6-8-15)24(30)31-13-21(37)38/h2-8,11-12,23,32H,9-10,13H2,1H3,(H2,29,33)(H2,30,31)(H,37,38)(H,34,35,39)/t23-/m0/s1. The minimum absolute atomic E-state index is 0.00516. The van der Waals surface area contributed by atoms with E-state index in [2.05, 4.69) is 25.4 Å². The summed E-state index contributed by atoms with van der Waals surface area (Å²) in [5.74, 6) is -1.72. The number of methoxy groups -OCH3 is 1. The number of ether oxygens (including phenoxy) is 2. The zero-order chi connectivity index (χ0) is 29.5. The van der Waals surface area contributed by atoms with Crippen molar-refractivity contribution >= 4 is 23.3 Å². The fraction of sp³-hybridized carbons (Fsp3) is 0.192. The molecule has 4 rings (SSSR count). The fourth-order valence-electron chi connectivity index (χ4n) is 3.80. The summed E-state index contributed by atoms with van der Waals surface area (Å²) >= 11 is 0. The lowest BCUT2D eigenvalue weighted by Gasteiger charge is -2.21. The van der Waals surface area contributed by atoms with Crippen LogP contribution < -0.4 is 31.9 Å². The van der Waals surface area contributed by atoms with Crippen molar-refractivity contribution in [3.63, 3.8) is 0 Å². The van der Waals surface area contributed by atoms with Gasteiger partial charge in [-0.2, -0.15) is 4.68 Å². The molecular formula is C26H26F2N8O5. The number of pyridine rings is 1. The molecule has 0 spiro atoms. The van der Waals surface area contributed by atoms with Crippen LogP contribution in [-0.2, 0) is 4.79 Å². The molecule has 2 aromatic heterocycles. The van der Waals surface area contributed by atoms with Crippen molar-refractivity contribution in [3.05, 3.63) is 87.9 Å². The Bertz CT molecular complexity index is 1620. The maximum atomic E-state index is 15.8. The second-order valence-corrected chi connectivity index (χ2v) is 8.46. The van der Waals surface area contributed by atoms with Crippen molar-refractivity contribution in [2.24, 2.45) is 10.7 Å². The number of nitrogens with zero attached hydrogens (tertiary/aromatic N) is 4. The van der Waals surface area contributed by atoms with Crippen LogP contribution in [-0.4, -0.2) is 63.6 Å². The Morgan fingerprint density at radius 1 is 1.24 bits per heavy atom. The molecule has 2 heterocycles. The number of anilines is 2. The number of rotatable bonds is 12. The molecule has 0 unspecified atom stereocenters. The van der Waals surface area contributed by atoms with Gasteiger partial charge in [0.25, 0.3) is 0 Å². The van der Waals surface area contributed by atoms with Crippen LogP contribution in [0, 0.1) is 5.82 Å². The number of hydrogen-bond donors (Lipinski definition) is 5. The van der Waals surface area contributed by atoms with E-state index in [1.165, 1.54) is 25.3 Å². The Morgan fingerprint density at radius 2 is 2.00 bits per heavy atom. The van der Waals surface area contributed by atoms with Crippen molar-refractivity contribution < 1.29 is 28.2 Å². The monoisotopic (exact) mass is 568 g/mol. The molecule has 0 aliphatic rings. The third-order valence-corrected chi connectivity index (χ3v) is 5.68. The number of aliphatic imine (C=N–C) groups is 1. The molecule has 1 atom stereocenters. The van der Waals surface area contributed by atoms with E-state index < -0.39 is 36.7 Å². The molecule has 0 aliphatic carbocycles. The van der Waals surface area contributed by atoms with E-state index in [0.29, 0.717) is 11.3 Å². The van der Waals surface area contributed by atoms with Gasteiger partial charge in [0.1, 0.15) is 43.3 Å². The number of carboxylic acid groups (broad SMARTS) is 1.